The van der Waals surface area contributed by atoms with Gasteiger partial charge in [-0.15, -0.1) is 0 Å². The van der Waals surface area contributed by atoms with Crippen LogP contribution >= 0.6 is 0 Å². The Labute approximate surface area is 166 Å². The van der Waals surface area contributed by atoms with Crippen LogP contribution in [0.5, 0.6) is 5.75 Å². The van der Waals surface area contributed by atoms with Crippen molar-refractivity contribution in [2.75, 3.05) is 38.7 Å². The number of carbonyl (C=O) groups excluding carboxylic acids is 1. The van der Waals surface area contributed by atoms with Gasteiger partial charge in [0.05, 0.1) is 12.8 Å². The van der Waals surface area contributed by atoms with Crippen molar-refractivity contribution in [3.63, 3.8) is 0 Å². The number of benzene rings is 2. The third-order valence-electron chi connectivity index (χ3n) is 5.26. The molecule has 0 saturated carbocycles. The van der Waals surface area contributed by atoms with E-state index in [2.05, 4.69) is 16.3 Å². The largest absolute Gasteiger partial charge is 0.495 e. The second-order valence-corrected chi connectivity index (χ2v) is 7.40. The van der Waals surface area contributed by atoms with Crippen LogP contribution in [0.1, 0.15) is 17.5 Å². The van der Waals surface area contributed by atoms with E-state index in [1.54, 1.807) is 32.0 Å². The van der Waals surface area contributed by atoms with Gasteiger partial charge in [-0.1, -0.05) is 24.3 Å². The number of rotatable bonds is 6. The Hall–Kier alpha value is -2.76. The van der Waals surface area contributed by atoms with Crippen LogP contribution in [0.4, 0.5) is 14.9 Å². The van der Waals surface area contributed by atoms with Gasteiger partial charge in [-0.2, -0.15) is 0 Å². The zero-order valence-electron chi connectivity index (χ0n) is 16.7. The lowest BCUT2D eigenvalue weighted by atomic mass is 10.1. The molecule has 5 nitrogen and oxygen atoms in total. The third-order valence-corrected chi connectivity index (χ3v) is 5.26. The summed E-state index contributed by atoms with van der Waals surface area (Å²) in [4.78, 5) is 16.3. The van der Waals surface area contributed by atoms with Crippen molar-refractivity contribution in [1.82, 2.24) is 10.2 Å². The predicted octanol–water partition coefficient (Wildman–Crippen LogP) is 3.81. The number of methoxy groups -OCH3 is 1. The second-order valence-electron chi connectivity index (χ2n) is 7.40. The number of urea groups is 1. The van der Waals surface area contributed by atoms with Crippen LogP contribution in [0, 0.1) is 18.7 Å². The molecule has 1 saturated heterocycles. The van der Waals surface area contributed by atoms with Crippen molar-refractivity contribution < 1.29 is 13.9 Å². The van der Waals surface area contributed by atoms with E-state index in [9.17, 15) is 9.18 Å². The summed E-state index contributed by atoms with van der Waals surface area (Å²) in [5.74, 6) is 1.02. The fourth-order valence-corrected chi connectivity index (χ4v) is 3.56. The topological polar surface area (TPSA) is 44.8 Å². The first-order valence-corrected chi connectivity index (χ1v) is 9.60. The van der Waals surface area contributed by atoms with E-state index >= 15 is 0 Å². The minimum atomic E-state index is -0.242. The van der Waals surface area contributed by atoms with Crippen LogP contribution in [0.2, 0.25) is 0 Å². The Kier molecular flexibility index (Phi) is 6.39. The number of hydrogen-bond acceptors (Lipinski definition) is 3. The molecule has 3 rings (SSSR count). The highest BCUT2D eigenvalue weighted by molar-refractivity contribution is 5.73. The zero-order valence-corrected chi connectivity index (χ0v) is 16.7. The molecule has 6 heteroatoms. The average Bonchev–Trinajstić information content (AvgIpc) is 3.17. The van der Waals surface area contributed by atoms with E-state index in [1.807, 2.05) is 24.3 Å². The van der Waals surface area contributed by atoms with Crippen molar-refractivity contribution in [1.29, 1.82) is 0 Å². The summed E-state index contributed by atoms with van der Waals surface area (Å²) < 4.78 is 19.1. The van der Waals surface area contributed by atoms with E-state index in [-0.39, 0.29) is 11.8 Å². The first-order valence-electron chi connectivity index (χ1n) is 9.60. The highest BCUT2D eigenvalue weighted by atomic mass is 19.1. The van der Waals surface area contributed by atoms with E-state index in [0.29, 0.717) is 24.6 Å². The van der Waals surface area contributed by atoms with Crippen molar-refractivity contribution in [2.24, 2.45) is 5.92 Å². The summed E-state index contributed by atoms with van der Waals surface area (Å²) in [6.07, 6.45) is 1.02. The van der Waals surface area contributed by atoms with E-state index in [0.717, 1.165) is 36.5 Å². The van der Waals surface area contributed by atoms with Gasteiger partial charge in [0.15, 0.2) is 0 Å². The van der Waals surface area contributed by atoms with Crippen LogP contribution in [0.15, 0.2) is 42.5 Å². The van der Waals surface area contributed by atoms with Gasteiger partial charge in [-0.25, -0.2) is 9.18 Å². The summed E-state index contributed by atoms with van der Waals surface area (Å²) in [5, 5.41) is 3.01. The Morgan fingerprint density at radius 1 is 1.32 bits per heavy atom. The summed E-state index contributed by atoms with van der Waals surface area (Å²) >= 11 is 0. The normalized spacial score (nSPS) is 16.1. The molecule has 0 aromatic heterocycles. The molecule has 2 aromatic carbocycles. The minimum Gasteiger partial charge on any atom is -0.495 e. The first kappa shape index (κ1) is 20.0. The maximum absolute atomic E-state index is 13.7. The van der Waals surface area contributed by atoms with Crippen molar-refractivity contribution in [2.45, 2.75) is 19.9 Å². The van der Waals surface area contributed by atoms with Gasteiger partial charge in [0, 0.05) is 33.2 Å². The van der Waals surface area contributed by atoms with Crippen molar-refractivity contribution in [3.05, 3.63) is 59.4 Å². The molecule has 150 valence electrons. The van der Waals surface area contributed by atoms with Gasteiger partial charge in [0.1, 0.15) is 11.6 Å². The molecular weight excluding hydrogens is 357 g/mol. The number of aryl methyl sites for hydroxylation is 1. The fourth-order valence-electron chi connectivity index (χ4n) is 3.56. The lowest BCUT2D eigenvalue weighted by Crippen LogP contribution is -2.39. The molecule has 1 heterocycles. The molecular formula is C22H28FN3O2. The highest BCUT2D eigenvalue weighted by Gasteiger charge is 2.25. The molecule has 0 radical (unpaired) electrons. The first-order chi connectivity index (χ1) is 13.5. The van der Waals surface area contributed by atoms with Gasteiger partial charge in [-0.3, -0.25) is 0 Å². The average molecular weight is 385 g/mol. The summed E-state index contributed by atoms with van der Waals surface area (Å²) in [6.45, 7) is 4.55. The fraction of sp³-hybridized carbons (Fsp3) is 0.409. The summed E-state index contributed by atoms with van der Waals surface area (Å²) in [5.41, 5.74) is 2.48. The number of nitrogens with zero attached hydrogens (tertiary/aromatic N) is 2. The number of anilines is 1. The quantitative estimate of drug-likeness (QED) is 0.822. The molecule has 2 amide bonds. The summed E-state index contributed by atoms with van der Waals surface area (Å²) in [6, 6.07) is 12.9. The molecule has 0 spiro atoms. The Morgan fingerprint density at radius 3 is 2.86 bits per heavy atom. The van der Waals surface area contributed by atoms with Crippen LogP contribution < -0.4 is 15.0 Å². The maximum Gasteiger partial charge on any atom is 0.317 e. The monoisotopic (exact) mass is 385 g/mol. The zero-order chi connectivity index (χ0) is 20.1. The molecule has 1 fully saturated rings. The third kappa shape index (κ3) is 4.74. The number of nitrogens with one attached hydrogen (secondary N) is 1. The summed E-state index contributed by atoms with van der Waals surface area (Å²) in [7, 11) is 3.41. The molecule has 2 aromatic rings. The number of halogens is 1. The van der Waals surface area contributed by atoms with Crippen molar-refractivity contribution in [3.8, 4) is 5.75 Å². The van der Waals surface area contributed by atoms with Gasteiger partial charge in [-0.05, 0) is 48.6 Å². The molecule has 1 N–H and O–H groups in total. The highest BCUT2D eigenvalue weighted by Crippen LogP contribution is 2.31. The standard InChI is InChI=1S/C22H28FN3O2/c1-16-8-9-17(12-19(16)23)14-25(2)22(27)24-13-18-10-11-26(15-18)20-6-4-5-7-21(20)28-3/h4-9,12,18H,10-11,13-15H2,1-3H3,(H,24,27). The second kappa shape index (κ2) is 8.95. The van der Waals surface area contributed by atoms with Crippen LogP contribution in [0.3, 0.4) is 0 Å². The van der Waals surface area contributed by atoms with Gasteiger partial charge >= 0.3 is 6.03 Å². The van der Waals surface area contributed by atoms with Gasteiger partial charge < -0.3 is 19.9 Å². The molecule has 1 aliphatic rings. The molecule has 28 heavy (non-hydrogen) atoms. The molecule has 0 bridgehead atoms. The number of para-hydroxylation sites is 2. The molecule has 1 atom stereocenters. The molecule has 1 aliphatic heterocycles. The number of ether oxygens (including phenoxy) is 1. The maximum atomic E-state index is 13.7. The van der Waals surface area contributed by atoms with Crippen LogP contribution in [-0.4, -0.2) is 44.7 Å². The van der Waals surface area contributed by atoms with Crippen LogP contribution in [-0.2, 0) is 6.54 Å². The smallest absolute Gasteiger partial charge is 0.317 e. The minimum absolute atomic E-state index is 0.142. The Balaban J connectivity index is 1.49. The van der Waals surface area contributed by atoms with Crippen LogP contribution in [0.25, 0.3) is 0 Å². The lowest BCUT2D eigenvalue weighted by Gasteiger charge is -2.22. The predicted molar refractivity (Wildman–Crippen MR) is 109 cm³/mol. The number of hydrogen-bond donors (Lipinski definition) is 1. The van der Waals surface area contributed by atoms with E-state index in [1.165, 1.54) is 6.07 Å². The SMILES string of the molecule is COc1ccccc1N1CCC(CNC(=O)N(C)Cc2ccc(C)c(F)c2)C1. The van der Waals surface area contributed by atoms with Gasteiger partial charge in [0.25, 0.3) is 0 Å². The lowest BCUT2D eigenvalue weighted by molar-refractivity contribution is 0.205. The molecule has 0 aliphatic carbocycles. The number of amides is 2. The van der Waals surface area contributed by atoms with Gasteiger partial charge in [0.2, 0.25) is 0 Å². The Morgan fingerprint density at radius 2 is 2.11 bits per heavy atom. The molecule has 1 unspecified atom stereocenters. The number of carbonyl (C=O) groups is 1. The van der Waals surface area contributed by atoms with Crippen molar-refractivity contribution >= 4 is 11.7 Å². The van der Waals surface area contributed by atoms with E-state index in [4.69, 9.17) is 4.74 Å². The Bertz CT molecular complexity index is 827. The van der Waals surface area contributed by atoms with E-state index < -0.39 is 0 Å².